The van der Waals surface area contributed by atoms with Gasteiger partial charge in [0.25, 0.3) is 0 Å². The van der Waals surface area contributed by atoms with Crippen LogP contribution in [0.2, 0.25) is 0 Å². The second-order valence-corrected chi connectivity index (χ2v) is 8.12. The summed E-state index contributed by atoms with van der Waals surface area (Å²) in [5, 5.41) is 9.16. The van der Waals surface area contributed by atoms with Crippen molar-refractivity contribution < 1.29 is 4.39 Å². The van der Waals surface area contributed by atoms with Gasteiger partial charge in [0.15, 0.2) is 0 Å². The second-order valence-electron chi connectivity index (χ2n) is 8.12. The van der Waals surface area contributed by atoms with Crippen LogP contribution in [0.1, 0.15) is 18.4 Å². The van der Waals surface area contributed by atoms with E-state index in [0.717, 1.165) is 31.5 Å². The fourth-order valence-corrected chi connectivity index (χ4v) is 4.10. The van der Waals surface area contributed by atoms with Crippen LogP contribution in [0.4, 0.5) is 10.3 Å². The van der Waals surface area contributed by atoms with E-state index in [0.29, 0.717) is 39.4 Å². The second kappa shape index (κ2) is 8.02. The summed E-state index contributed by atoms with van der Waals surface area (Å²) in [7, 11) is 1.83. The summed E-state index contributed by atoms with van der Waals surface area (Å²) < 4.78 is 17.0. The zero-order valence-corrected chi connectivity index (χ0v) is 17.7. The monoisotopic (exact) mass is 427 g/mol. The first-order valence-corrected chi connectivity index (χ1v) is 10.5. The molecule has 2 N–H and O–H groups in total. The summed E-state index contributed by atoms with van der Waals surface area (Å²) in [4.78, 5) is 15.9. The Bertz CT molecular complexity index is 1330. The van der Waals surface area contributed by atoms with E-state index >= 15 is 4.39 Å². The lowest BCUT2D eigenvalue weighted by Gasteiger charge is -2.30. The van der Waals surface area contributed by atoms with Crippen molar-refractivity contribution in [1.29, 1.82) is 5.26 Å². The largest absolute Gasteiger partial charge is 0.341 e. The topological polar surface area (TPSA) is 96.7 Å². The van der Waals surface area contributed by atoms with Crippen molar-refractivity contribution in [2.24, 2.45) is 12.8 Å². The minimum Gasteiger partial charge on any atom is -0.341 e. The molecule has 1 saturated heterocycles. The standard InChI is InChI=1S/C24H22FN7/c1-31-14-29-21-10-18(20(25)11-22(21)31)19-13-28-24(32-8-6-17(27)7-9-32)30-23(19)16-4-2-15(12-26)3-5-16/h2-5,10-11,13-14,17H,6-9,27H2,1H3. The third-order valence-electron chi connectivity index (χ3n) is 5.99. The summed E-state index contributed by atoms with van der Waals surface area (Å²) in [5.41, 5.74) is 10.4. The molecule has 0 aliphatic carbocycles. The fourth-order valence-electron chi connectivity index (χ4n) is 4.10. The van der Waals surface area contributed by atoms with Gasteiger partial charge in [0.2, 0.25) is 5.95 Å². The molecule has 5 rings (SSSR count). The van der Waals surface area contributed by atoms with E-state index in [1.165, 1.54) is 6.07 Å². The Hall–Kier alpha value is -3.83. The minimum absolute atomic E-state index is 0.197. The van der Waals surface area contributed by atoms with Gasteiger partial charge in [-0.3, -0.25) is 0 Å². The van der Waals surface area contributed by atoms with Crippen molar-refractivity contribution in [1.82, 2.24) is 19.5 Å². The maximum atomic E-state index is 15.2. The van der Waals surface area contributed by atoms with Crippen molar-refractivity contribution in [3.8, 4) is 28.5 Å². The third-order valence-corrected chi connectivity index (χ3v) is 5.99. The van der Waals surface area contributed by atoms with Crippen LogP contribution >= 0.6 is 0 Å². The zero-order chi connectivity index (χ0) is 22.2. The van der Waals surface area contributed by atoms with Crippen LogP contribution in [0, 0.1) is 17.1 Å². The number of nitrogens with two attached hydrogens (primary N) is 1. The van der Waals surface area contributed by atoms with Gasteiger partial charge in [-0.05, 0) is 31.0 Å². The summed E-state index contributed by atoms with van der Waals surface area (Å²) in [6.45, 7) is 1.56. The Morgan fingerprint density at radius 2 is 1.84 bits per heavy atom. The lowest BCUT2D eigenvalue weighted by molar-refractivity contribution is 0.495. The average Bonchev–Trinajstić information content (AvgIpc) is 3.18. The Labute approximate surface area is 185 Å². The number of hydrogen-bond acceptors (Lipinski definition) is 6. The molecular formula is C24H22FN7. The highest BCUT2D eigenvalue weighted by molar-refractivity contribution is 5.87. The fraction of sp³-hybridized carbons (Fsp3) is 0.250. The SMILES string of the molecule is Cn1cnc2cc(-c3cnc(N4CCC(N)CC4)nc3-c3ccc(C#N)cc3)c(F)cc21. The lowest BCUT2D eigenvalue weighted by atomic mass is 9.99. The van der Waals surface area contributed by atoms with Crippen molar-refractivity contribution >= 4 is 17.0 Å². The van der Waals surface area contributed by atoms with E-state index in [1.807, 2.05) is 19.2 Å². The number of fused-ring (bicyclic) bond motifs is 1. The molecule has 2 aromatic carbocycles. The van der Waals surface area contributed by atoms with Crippen molar-refractivity contribution in [3.63, 3.8) is 0 Å². The molecule has 4 aromatic rings. The number of anilines is 1. The number of nitriles is 1. The van der Waals surface area contributed by atoms with E-state index in [4.69, 9.17) is 16.0 Å². The molecule has 7 nitrogen and oxygen atoms in total. The molecular weight excluding hydrogens is 405 g/mol. The van der Waals surface area contributed by atoms with Crippen LogP contribution < -0.4 is 10.6 Å². The quantitative estimate of drug-likeness (QED) is 0.536. The highest BCUT2D eigenvalue weighted by Gasteiger charge is 2.22. The molecule has 0 radical (unpaired) electrons. The molecule has 0 unspecified atom stereocenters. The van der Waals surface area contributed by atoms with Gasteiger partial charge in [-0.15, -0.1) is 0 Å². The Morgan fingerprint density at radius 1 is 1.09 bits per heavy atom. The number of piperidine rings is 1. The number of rotatable bonds is 3. The molecule has 160 valence electrons. The summed E-state index contributed by atoms with van der Waals surface area (Å²) in [6, 6.07) is 12.7. The first-order valence-electron chi connectivity index (χ1n) is 10.5. The minimum atomic E-state index is -0.365. The molecule has 0 amide bonds. The smallest absolute Gasteiger partial charge is 0.225 e. The maximum absolute atomic E-state index is 15.2. The van der Waals surface area contributed by atoms with Crippen LogP contribution in [0.25, 0.3) is 33.4 Å². The van der Waals surface area contributed by atoms with Crippen LogP contribution in [0.15, 0.2) is 48.9 Å². The molecule has 0 atom stereocenters. The molecule has 1 aliphatic heterocycles. The first kappa shape index (κ1) is 20.1. The molecule has 32 heavy (non-hydrogen) atoms. The van der Waals surface area contributed by atoms with E-state index in [-0.39, 0.29) is 11.9 Å². The highest BCUT2D eigenvalue weighted by Crippen LogP contribution is 2.35. The van der Waals surface area contributed by atoms with Crippen LogP contribution in [-0.2, 0) is 7.05 Å². The number of hydrogen-bond donors (Lipinski definition) is 1. The van der Waals surface area contributed by atoms with Crippen molar-refractivity contribution in [3.05, 3.63) is 60.3 Å². The Balaban J connectivity index is 1.66. The lowest BCUT2D eigenvalue weighted by Crippen LogP contribution is -2.40. The van der Waals surface area contributed by atoms with E-state index in [1.54, 1.807) is 35.3 Å². The normalized spacial score (nSPS) is 14.6. The molecule has 1 fully saturated rings. The maximum Gasteiger partial charge on any atom is 0.225 e. The predicted molar refractivity (Wildman–Crippen MR) is 121 cm³/mol. The molecule has 8 heteroatoms. The van der Waals surface area contributed by atoms with Gasteiger partial charge in [-0.1, -0.05) is 12.1 Å². The van der Waals surface area contributed by atoms with Gasteiger partial charge >= 0.3 is 0 Å². The van der Waals surface area contributed by atoms with Gasteiger partial charge in [-0.25, -0.2) is 19.3 Å². The number of imidazole rings is 1. The molecule has 1 aliphatic rings. The first-order chi connectivity index (χ1) is 15.5. The van der Waals surface area contributed by atoms with Gasteiger partial charge in [-0.2, -0.15) is 5.26 Å². The Morgan fingerprint density at radius 3 is 2.56 bits per heavy atom. The Kier molecular flexibility index (Phi) is 5.04. The number of halogens is 1. The average molecular weight is 427 g/mol. The predicted octanol–water partition coefficient (Wildman–Crippen LogP) is 3.64. The van der Waals surface area contributed by atoms with Crippen LogP contribution in [0.3, 0.4) is 0 Å². The summed E-state index contributed by atoms with van der Waals surface area (Å²) >= 11 is 0. The van der Waals surface area contributed by atoms with E-state index < -0.39 is 0 Å². The van der Waals surface area contributed by atoms with E-state index in [2.05, 4.69) is 20.9 Å². The molecule has 3 heterocycles. The van der Waals surface area contributed by atoms with Gasteiger partial charge in [0.1, 0.15) is 5.82 Å². The van der Waals surface area contributed by atoms with Gasteiger partial charge in [0.05, 0.1) is 34.7 Å². The number of aryl methyl sites for hydroxylation is 1. The van der Waals surface area contributed by atoms with Crippen molar-refractivity contribution in [2.45, 2.75) is 18.9 Å². The van der Waals surface area contributed by atoms with E-state index in [9.17, 15) is 0 Å². The number of benzene rings is 2. The molecule has 0 spiro atoms. The van der Waals surface area contributed by atoms with Crippen LogP contribution in [-0.4, -0.2) is 38.7 Å². The third kappa shape index (κ3) is 3.57. The molecule has 2 aromatic heterocycles. The number of nitrogens with zero attached hydrogens (tertiary/aromatic N) is 6. The summed E-state index contributed by atoms with van der Waals surface area (Å²) in [5.74, 6) is 0.232. The highest BCUT2D eigenvalue weighted by atomic mass is 19.1. The van der Waals surface area contributed by atoms with Crippen LogP contribution in [0.5, 0.6) is 0 Å². The molecule has 0 bridgehead atoms. The number of aromatic nitrogens is 4. The van der Waals surface area contributed by atoms with Crippen molar-refractivity contribution in [2.75, 3.05) is 18.0 Å². The van der Waals surface area contributed by atoms with Gasteiger partial charge in [0, 0.05) is 55.1 Å². The summed E-state index contributed by atoms with van der Waals surface area (Å²) in [6.07, 6.45) is 5.10. The molecule has 0 saturated carbocycles. The van der Waals surface area contributed by atoms with Gasteiger partial charge < -0.3 is 15.2 Å². The zero-order valence-electron chi connectivity index (χ0n) is 17.7.